The summed E-state index contributed by atoms with van der Waals surface area (Å²) in [5.41, 5.74) is 3.16. The van der Waals surface area contributed by atoms with Gasteiger partial charge in [-0.15, -0.1) is 0 Å². The van der Waals surface area contributed by atoms with Gasteiger partial charge in [-0.05, 0) is 53.3 Å². The summed E-state index contributed by atoms with van der Waals surface area (Å²) < 4.78 is 0. The molecule has 1 heterocycles. The molecule has 0 saturated heterocycles. The Morgan fingerprint density at radius 2 is 1.54 bits per heavy atom. The van der Waals surface area contributed by atoms with Crippen LogP contribution in [0.25, 0.3) is 10.8 Å². The third-order valence-corrected chi connectivity index (χ3v) is 8.03. The van der Waals surface area contributed by atoms with Gasteiger partial charge in [0.25, 0.3) is 0 Å². The normalized spacial score (nSPS) is 14.3. The van der Waals surface area contributed by atoms with Crippen molar-refractivity contribution in [2.45, 2.75) is 63.5 Å². The predicted octanol–water partition coefficient (Wildman–Crippen LogP) is 6.09. The van der Waals surface area contributed by atoms with Crippen molar-refractivity contribution in [1.29, 1.82) is 0 Å². The van der Waals surface area contributed by atoms with Crippen LogP contribution in [0.5, 0.6) is 0 Å². The summed E-state index contributed by atoms with van der Waals surface area (Å²) in [4.78, 5) is 33.8. The van der Waals surface area contributed by atoms with Gasteiger partial charge in [0, 0.05) is 43.9 Å². The van der Waals surface area contributed by atoms with Crippen molar-refractivity contribution in [1.82, 2.24) is 20.5 Å². The number of rotatable bonds is 11. The van der Waals surface area contributed by atoms with Crippen LogP contribution in [0.4, 0.5) is 4.79 Å². The molecule has 1 fully saturated rings. The quantitative estimate of drug-likeness (QED) is 0.238. The van der Waals surface area contributed by atoms with Crippen molar-refractivity contribution in [3.63, 3.8) is 0 Å². The van der Waals surface area contributed by atoms with Gasteiger partial charge in [-0.25, -0.2) is 4.79 Å². The van der Waals surface area contributed by atoms with Crippen LogP contribution in [0.1, 0.15) is 48.9 Å². The number of nitrogens with one attached hydrogen (secondary N) is 2. The van der Waals surface area contributed by atoms with Crippen LogP contribution in [0.3, 0.4) is 0 Å². The van der Waals surface area contributed by atoms with Crippen LogP contribution in [-0.4, -0.2) is 47.0 Å². The molecule has 0 bridgehead atoms. The monoisotopic (exact) mass is 548 g/mol. The number of fused-ring (bicyclic) bond motifs is 1. The van der Waals surface area contributed by atoms with Gasteiger partial charge in [0.2, 0.25) is 5.91 Å². The molecule has 1 aliphatic carbocycles. The first-order chi connectivity index (χ1) is 20.2. The highest BCUT2D eigenvalue weighted by atomic mass is 16.2. The molecule has 6 heteroatoms. The van der Waals surface area contributed by atoms with Crippen LogP contribution in [-0.2, 0) is 24.1 Å². The average Bonchev–Trinajstić information content (AvgIpc) is 3.02. The molecular weight excluding hydrogens is 508 g/mol. The Morgan fingerprint density at radius 3 is 2.34 bits per heavy atom. The molecule has 212 valence electrons. The fraction of sp³-hybridized carbons (Fsp3) is 0.343. The zero-order valence-electron chi connectivity index (χ0n) is 23.7. The number of carbonyl (C=O) groups excluding carboxylic acids is 2. The van der Waals surface area contributed by atoms with E-state index in [-0.39, 0.29) is 18.0 Å². The number of amides is 3. The van der Waals surface area contributed by atoms with Crippen LogP contribution >= 0.6 is 0 Å². The third kappa shape index (κ3) is 8.16. The van der Waals surface area contributed by atoms with E-state index in [0.717, 1.165) is 54.1 Å². The highest BCUT2D eigenvalue weighted by Crippen LogP contribution is 2.21. The van der Waals surface area contributed by atoms with E-state index in [1.807, 2.05) is 59.5 Å². The molecule has 6 nitrogen and oxygen atoms in total. The zero-order chi connectivity index (χ0) is 28.3. The van der Waals surface area contributed by atoms with Gasteiger partial charge in [-0.1, -0.05) is 98.1 Å². The lowest BCUT2D eigenvalue weighted by Crippen LogP contribution is -2.54. The second kappa shape index (κ2) is 14.4. The predicted molar refractivity (Wildman–Crippen MR) is 165 cm³/mol. The summed E-state index contributed by atoms with van der Waals surface area (Å²) in [6.07, 6.45) is 9.05. The van der Waals surface area contributed by atoms with Gasteiger partial charge >= 0.3 is 6.03 Å². The topological polar surface area (TPSA) is 74.3 Å². The Balaban J connectivity index is 1.35. The molecule has 1 aromatic heterocycles. The fourth-order valence-electron chi connectivity index (χ4n) is 5.71. The summed E-state index contributed by atoms with van der Waals surface area (Å²) >= 11 is 0. The van der Waals surface area contributed by atoms with E-state index in [0.29, 0.717) is 25.9 Å². The van der Waals surface area contributed by atoms with Gasteiger partial charge < -0.3 is 15.5 Å². The molecule has 5 rings (SSSR count). The smallest absolute Gasteiger partial charge is 0.318 e. The standard InChI is InChI=1S/C35H40N4O2/c40-34(37-31-18-5-2-6-19-31)33(26-29-16-11-15-28-14-7-8-20-32(28)29)38-35(41)39(24-21-27-12-3-1-4-13-27)25-22-30-17-9-10-23-36-30/h1,3-4,7-17,20,23,31,33H,2,5-6,18-19,21-22,24-26H2,(H,37,40)(H,38,41)/t33-/m1/s1. The largest absolute Gasteiger partial charge is 0.352 e. The molecule has 2 N–H and O–H groups in total. The van der Waals surface area contributed by atoms with Crippen LogP contribution in [0.15, 0.2) is 97.2 Å². The molecule has 3 amide bonds. The lowest BCUT2D eigenvalue weighted by atomic mass is 9.94. The fourth-order valence-corrected chi connectivity index (χ4v) is 5.71. The Kier molecular flexibility index (Phi) is 9.99. The van der Waals surface area contributed by atoms with Crippen LogP contribution < -0.4 is 10.6 Å². The second-order valence-electron chi connectivity index (χ2n) is 11.0. The van der Waals surface area contributed by atoms with Crippen molar-refractivity contribution in [2.24, 2.45) is 0 Å². The van der Waals surface area contributed by atoms with E-state index in [1.54, 1.807) is 6.20 Å². The van der Waals surface area contributed by atoms with Gasteiger partial charge in [-0.3, -0.25) is 9.78 Å². The van der Waals surface area contributed by atoms with E-state index in [4.69, 9.17) is 0 Å². The molecule has 0 unspecified atom stereocenters. The Morgan fingerprint density at radius 1 is 0.805 bits per heavy atom. The lowest BCUT2D eigenvalue weighted by Gasteiger charge is -2.29. The number of hydrogen-bond acceptors (Lipinski definition) is 3. The molecular formula is C35H40N4O2. The van der Waals surface area contributed by atoms with Gasteiger partial charge in [0.15, 0.2) is 0 Å². The second-order valence-corrected chi connectivity index (χ2v) is 11.0. The van der Waals surface area contributed by atoms with Gasteiger partial charge in [-0.2, -0.15) is 0 Å². The first-order valence-electron chi connectivity index (χ1n) is 14.9. The molecule has 4 aromatic rings. The van der Waals surface area contributed by atoms with Crippen LogP contribution in [0, 0.1) is 0 Å². The lowest BCUT2D eigenvalue weighted by molar-refractivity contribution is -0.123. The summed E-state index contributed by atoms with van der Waals surface area (Å²) in [5.74, 6) is -0.106. The Labute approximate surface area is 243 Å². The summed E-state index contributed by atoms with van der Waals surface area (Å²) in [6.45, 7) is 1.06. The molecule has 1 saturated carbocycles. The minimum Gasteiger partial charge on any atom is -0.352 e. The zero-order valence-corrected chi connectivity index (χ0v) is 23.7. The molecule has 0 aliphatic heterocycles. The van der Waals surface area contributed by atoms with Crippen molar-refractivity contribution < 1.29 is 9.59 Å². The van der Waals surface area contributed by atoms with E-state index in [9.17, 15) is 9.59 Å². The first kappa shape index (κ1) is 28.3. The summed E-state index contributed by atoms with van der Waals surface area (Å²) in [5, 5.41) is 8.65. The molecule has 41 heavy (non-hydrogen) atoms. The molecule has 1 aliphatic rings. The molecule has 0 spiro atoms. The Hall–Kier alpha value is -4.19. The minimum absolute atomic E-state index is 0.106. The highest BCUT2D eigenvalue weighted by Gasteiger charge is 2.27. The number of pyridine rings is 1. The number of urea groups is 1. The molecule has 3 aromatic carbocycles. The maximum atomic E-state index is 13.9. The number of carbonyl (C=O) groups is 2. The van der Waals surface area contributed by atoms with Gasteiger partial charge in [0.1, 0.15) is 6.04 Å². The SMILES string of the molecule is O=C(NC1CCCCC1)[C@@H](Cc1cccc2ccccc12)NC(=O)N(CCc1ccccc1)CCc1ccccn1. The van der Waals surface area contributed by atoms with E-state index in [2.05, 4.69) is 52.0 Å². The number of aromatic nitrogens is 1. The van der Waals surface area contributed by atoms with Crippen molar-refractivity contribution in [3.8, 4) is 0 Å². The van der Waals surface area contributed by atoms with Crippen LogP contribution in [0.2, 0.25) is 0 Å². The van der Waals surface area contributed by atoms with E-state index >= 15 is 0 Å². The maximum absolute atomic E-state index is 13.9. The maximum Gasteiger partial charge on any atom is 0.318 e. The number of nitrogens with zero attached hydrogens (tertiary/aromatic N) is 2. The highest BCUT2D eigenvalue weighted by molar-refractivity contribution is 5.90. The average molecular weight is 549 g/mol. The molecule has 1 atom stereocenters. The molecule has 0 radical (unpaired) electrons. The minimum atomic E-state index is -0.677. The van der Waals surface area contributed by atoms with E-state index < -0.39 is 6.04 Å². The Bertz CT molecular complexity index is 1350. The van der Waals surface area contributed by atoms with Crippen molar-refractivity contribution >= 4 is 22.7 Å². The number of hydrogen-bond donors (Lipinski definition) is 2. The third-order valence-electron chi connectivity index (χ3n) is 8.03. The van der Waals surface area contributed by atoms with Crippen molar-refractivity contribution in [2.75, 3.05) is 13.1 Å². The summed E-state index contributed by atoms with van der Waals surface area (Å²) in [7, 11) is 0. The van der Waals surface area contributed by atoms with Gasteiger partial charge in [0.05, 0.1) is 0 Å². The number of benzene rings is 3. The summed E-state index contributed by atoms with van der Waals surface area (Å²) in [6, 6.07) is 29.7. The van der Waals surface area contributed by atoms with E-state index in [1.165, 1.54) is 12.0 Å². The van der Waals surface area contributed by atoms with Crippen molar-refractivity contribution in [3.05, 3.63) is 114 Å². The first-order valence-corrected chi connectivity index (χ1v) is 14.9.